The van der Waals surface area contributed by atoms with E-state index < -0.39 is 0 Å². The Kier molecular flexibility index (Phi) is 11.5. The summed E-state index contributed by atoms with van der Waals surface area (Å²) in [7, 11) is 3.90. The molecule has 0 aliphatic rings. The number of aryl methyl sites for hydroxylation is 1. The molecule has 0 amide bonds. The van der Waals surface area contributed by atoms with E-state index in [-0.39, 0.29) is 24.0 Å². The summed E-state index contributed by atoms with van der Waals surface area (Å²) in [6.07, 6.45) is 1.93. The minimum absolute atomic E-state index is 0. The lowest BCUT2D eigenvalue weighted by Crippen LogP contribution is -2.39. The van der Waals surface area contributed by atoms with Gasteiger partial charge in [-0.25, -0.2) is 0 Å². The maximum atomic E-state index is 4.33. The highest BCUT2D eigenvalue weighted by molar-refractivity contribution is 14.0. The van der Waals surface area contributed by atoms with Crippen LogP contribution in [-0.4, -0.2) is 43.0 Å². The molecule has 1 aromatic carbocycles. The van der Waals surface area contributed by atoms with E-state index in [1.54, 1.807) is 0 Å². The first kappa shape index (κ1) is 20.3. The summed E-state index contributed by atoms with van der Waals surface area (Å²) in [5.41, 5.74) is 2.65. The number of nitrogens with one attached hydrogen (secondary N) is 1. The average molecular weight is 419 g/mol. The molecule has 5 heteroatoms. The summed E-state index contributed by atoms with van der Waals surface area (Å²) in [6, 6.07) is 8.46. The van der Waals surface area contributed by atoms with E-state index in [1.807, 2.05) is 24.9 Å². The van der Waals surface area contributed by atoms with Gasteiger partial charge in [0.25, 0.3) is 0 Å². The Hall–Kier alpha value is -0.690. The third-order valence-corrected chi connectivity index (χ3v) is 3.97. The zero-order chi connectivity index (χ0) is 14.8. The molecule has 0 bridgehead atoms. The number of nitrogens with zero attached hydrogens (tertiary/aromatic N) is 2. The van der Waals surface area contributed by atoms with Gasteiger partial charge in [-0.15, -0.1) is 30.6 Å². The molecule has 0 heterocycles. The van der Waals surface area contributed by atoms with Crippen LogP contribution < -0.4 is 5.32 Å². The maximum Gasteiger partial charge on any atom is 0.193 e. The lowest BCUT2D eigenvalue weighted by Gasteiger charge is -2.23. The number of hydrogen-bond donors (Lipinski definition) is 1. The van der Waals surface area contributed by atoms with Crippen molar-refractivity contribution in [2.75, 3.05) is 32.1 Å². The number of rotatable bonds is 7. The molecule has 1 rings (SSSR count). The molecule has 0 atom stereocenters. The largest absolute Gasteiger partial charge is 0.355 e. The van der Waals surface area contributed by atoms with Gasteiger partial charge in [-0.3, -0.25) is 4.99 Å². The highest BCUT2D eigenvalue weighted by Gasteiger charge is 2.07. The van der Waals surface area contributed by atoms with Crippen LogP contribution in [0.2, 0.25) is 0 Å². The first-order chi connectivity index (χ1) is 9.69. The lowest BCUT2D eigenvalue weighted by atomic mass is 10.1. The summed E-state index contributed by atoms with van der Waals surface area (Å²) < 4.78 is 0. The Morgan fingerprint density at radius 2 is 2.14 bits per heavy atom. The summed E-state index contributed by atoms with van der Waals surface area (Å²) in [6.45, 7) is 7.65. The predicted octanol–water partition coefficient (Wildman–Crippen LogP) is 3.54. The van der Waals surface area contributed by atoms with E-state index in [4.69, 9.17) is 0 Å². The van der Waals surface area contributed by atoms with Gasteiger partial charge in [0.15, 0.2) is 5.96 Å². The highest BCUT2D eigenvalue weighted by Crippen LogP contribution is 2.09. The highest BCUT2D eigenvalue weighted by atomic mass is 127. The number of halogens is 1. The van der Waals surface area contributed by atoms with E-state index >= 15 is 0 Å². The van der Waals surface area contributed by atoms with E-state index in [2.05, 4.69) is 60.0 Å². The first-order valence-electron chi connectivity index (χ1n) is 6.84. The molecule has 118 valence electrons. The van der Waals surface area contributed by atoms with Gasteiger partial charge >= 0.3 is 0 Å². The third-order valence-electron chi connectivity index (χ3n) is 3.01. The van der Waals surface area contributed by atoms with Crippen LogP contribution in [0.3, 0.4) is 0 Å². The molecule has 0 aliphatic heterocycles. The van der Waals surface area contributed by atoms with Gasteiger partial charge < -0.3 is 10.2 Å². The number of benzene rings is 1. The second kappa shape index (κ2) is 11.9. The molecule has 0 fully saturated rings. The van der Waals surface area contributed by atoms with Crippen LogP contribution in [0.1, 0.15) is 11.1 Å². The Morgan fingerprint density at radius 1 is 1.43 bits per heavy atom. The zero-order valence-corrected chi connectivity index (χ0v) is 16.3. The SMILES string of the molecule is C=CCSCCNC(=NC)N(C)Cc1ccccc1C.I. The fourth-order valence-electron chi connectivity index (χ4n) is 1.90. The maximum absolute atomic E-state index is 4.33. The number of thioether (sulfide) groups is 1. The Balaban J connectivity index is 0.00000400. The molecule has 0 aliphatic carbocycles. The fraction of sp³-hybridized carbons (Fsp3) is 0.438. The number of aliphatic imine (C=N–C) groups is 1. The molecular formula is C16H26IN3S. The van der Waals surface area contributed by atoms with Crippen LogP contribution in [0.4, 0.5) is 0 Å². The van der Waals surface area contributed by atoms with Crippen LogP contribution in [0, 0.1) is 6.92 Å². The Bertz CT molecular complexity index is 449. The monoisotopic (exact) mass is 419 g/mol. The van der Waals surface area contributed by atoms with Crippen molar-refractivity contribution in [1.82, 2.24) is 10.2 Å². The second-order valence-corrected chi connectivity index (χ2v) is 5.77. The summed E-state index contributed by atoms with van der Waals surface area (Å²) >= 11 is 1.87. The van der Waals surface area contributed by atoms with Crippen LogP contribution in [0.25, 0.3) is 0 Å². The third kappa shape index (κ3) is 7.76. The quantitative estimate of drug-likeness (QED) is 0.241. The van der Waals surface area contributed by atoms with Gasteiger partial charge in [-0.05, 0) is 18.1 Å². The van der Waals surface area contributed by atoms with Gasteiger partial charge in [0.05, 0.1) is 0 Å². The molecule has 0 unspecified atom stereocenters. The standard InChI is InChI=1S/C16H25N3S.HI/c1-5-11-20-12-10-18-16(17-3)19(4)13-15-9-7-6-8-14(15)2;/h5-9H,1,10-13H2,2-4H3,(H,17,18);1H. The average Bonchev–Trinajstić information content (AvgIpc) is 2.45. The zero-order valence-electron chi connectivity index (χ0n) is 13.1. The van der Waals surface area contributed by atoms with Crippen LogP contribution in [0.15, 0.2) is 41.9 Å². The lowest BCUT2D eigenvalue weighted by molar-refractivity contribution is 0.478. The van der Waals surface area contributed by atoms with Crippen molar-refractivity contribution in [2.45, 2.75) is 13.5 Å². The van der Waals surface area contributed by atoms with E-state index in [0.717, 1.165) is 30.6 Å². The molecule has 0 aromatic heterocycles. The molecule has 1 aromatic rings. The van der Waals surface area contributed by atoms with Crippen LogP contribution in [0.5, 0.6) is 0 Å². The topological polar surface area (TPSA) is 27.6 Å². The van der Waals surface area contributed by atoms with Crippen LogP contribution in [-0.2, 0) is 6.54 Å². The Labute approximate surface area is 150 Å². The predicted molar refractivity (Wildman–Crippen MR) is 107 cm³/mol. The minimum Gasteiger partial charge on any atom is -0.355 e. The molecule has 1 N–H and O–H groups in total. The second-order valence-electron chi connectivity index (χ2n) is 4.62. The number of hydrogen-bond acceptors (Lipinski definition) is 2. The van der Waals surface area contributed by atoms with Crippen molar-refractivity contribution in [3.63, 3.8) is 0 Å². The van der Waals surface area contributed by atoms with E-state index in [1.165, 1.54) is 11.1 Å². The first-order valence-corrected chi connectivity index (χ1v) is 7.99. The van der Waals surface area contributed by atoms with Gasteiger partial charge in [0, 0.05) is 38.7 Å². The molecule has 0 radical (unpaired) electrons. The molecule has 0 saturated heterocycles. The van der Waals surface area contributed by atoms with Crippen molar-refractivity contribution < 1.29 is 0 Å². The van der Waals surface area contributed by atoms with E-state index in [0.29, 0.717) is 0 Å². The van der Waals surface area contributed by atoms with Gasteiger partial charge in [0.1, 0.15) is 0 Å². The number of guanidine groups is 1. The normalized spacial score (nSPS) is 10.7. The fourth-order valence-corrected chi connectivity index (χ4v) is 2.48. The van der Waals surface area contributed by atoms with Crippen LogP contribution >= 0.6 is 35.7 Å². The minimum atomic E-state index is 0. The summed E-state index contributed by atoms with van der Waals surface area (Å²) in [5, 5.41) is 3.39. The van der Waals surface area contributed by atoms with Crippen molar-refractivity contribution >= 4 is 41.7 Å². The van der Waals surface area contributed by atoms with Crippen molar-refractivity contribution in [1.29, 1.82) is 0 Å². The van der Waals surface area contributed by atoms with Gasteiger partial charge in [-0.1, -0.05) is 30.3 Å². The van der Waals surface area contributed by atoms with Crippen molar-refractivity contribution in [3.05, 3.63) is 48.0 Å². The van der Waals surface area contributed by atoms with Crippen molar-refractivity contribution in [3.8, 4) is 0 Å². The van der Waals surface area contributed by atoms with E-state index in [9.17, 15) is 0 Å². The molecule has 0 spiro atoms. The Morgan fingerprint density at radius 3 is 2.76 bits per heavy atom. The van der Waals surface area contributed by atoms with Gasteiger partial charge in [0.2, 0.25) is 0 Å². The molecule has 21 heavy (non-hydrogen) atoms. The smallest absolute Gasteiger partial charge is 0.193 e. The summed E-state index contributed by atoms with van der Waals surface area (Å²) in [5.74, 6) is 3.00. The van der Waals surface area contributed by atoms with Crippen molar-refractivity contribution in [2.24, 2.45) is 4.99 Å². The van der Waals surface area contributed by atoms with Gasteiger partial charge in [-0.2, -0.15) is 11.8 Å². The molecular weight excluding hydrogens is 393 g/mol. The molecule has 3 nitrogen and oxygen atoms in total. The summed E-state index contributed by atoms with van der Waals surface area (Å²) in [4.78, 5) is 6.49. The molecule has 0 saturated carbocycles.